The average molecular weight is 268 g/mol. The van der Waals surface area contributed by atoms with Gasteiger partial charge in [0.1, 0.15) is 17.2 Å². The third-order valence-electron chi connectivity index (χ3n) is 3.36. The first-order chi connectivity index (χ1) is 9.70. The molecule has 1 amide bonds. The number of amides is 1. The highest BCUT2D eigenvalue weighted by atomic mass is 16.2. The van der Waals surface area contributed by atoms with Crippen LogP contribution < -0.4 is 0 Å². The zero-order valence-electron chi connectivity index (χ0n) is 11.6. The lowest BCUT2D eigenvalue weighted by Crippen LogP contribution is -2.31. The minimum Gasteiger partial charge on any atom is -0.346 e. The van der Waals surface area contributed by atoms with Gasteiger partial charge in [-0.15, -0.1) is 0 Å². The number of hydrogen-bond acceptors (Lipinski definition) is 3. The van der Waals surface area contributed by atoms with Crippen LogP contribution in [0.1, 0.15) is 25.8 Å². The van der Waals surface area contributed by atoms with E-state index in [-0.39, 0.29) is 5.91 Å². The lowest BCUT2D eigenvalue weighted by Gasteiger charge is -2.13. The average Bonchev–Trinajstić information content (AvgIpc) is 2.97. The van der Waals surface area contributed by atoms with Gasteiger partial charge in [0.25, 0.3) is 5.91 Å². The summed E-state index contributed by atoms with van der Waals surface area (Å²) in [6, 6.07) is 3.86. The number of aromatic nitrogens is 2. The van der Waals surface area contributed by atoms with Crippen LogP contribution in [0.5, 0.6) is 0 Å². The van der Waals surface area contributed by atoms with Crippen molar-refractivity contribution in [3.05, 3.63) is 35.8 Å². The van der Waals surface area contributed by atoms with Gasteiger partial charge in [0.05, 0.1) is 0 Å². The number of pyridine rings is 1. The first kappa shape index (κ1) is 12.6. The van der Waals surface area contributed by atoms with Gasteiger partial charge in [-0.3, -0.25) is 9.69 Å². The Hall–Kier alpha value is -2.43. The SMILES string of the molecule is CCCN1C(=O)/C(=C/c2c[nH]c3ncccc23)N=C1C. The maximum absolute atomic E-state index is 12.3. The third kappa shape index (κ3) is 2.01. The van der Waals surface area contributed by atoms with Crippen LogP contribution in [-0.4, -0.2) is 33.2 Å². The predicted octanol–water partition coefficient (Wildman–Crippen LogP) is 2.57. The molecule has 0 aliphatic carbocycles. The Morgan fingerprint density at radius 1 is 1.45 bits per heavy atom. The molecule has 102 valence electrons. The largest absolute Gasteiger partial charge is 0.346 e. The molecule has 0 bridgehead atoms. The predicted molar refractivity (Wildman–Crippen MR) is 79.2 cm³/mol. The van der Waals surface area contributed by atoms with Crippen LogP contribution in [0.2, 0.25) is 0 Å². The molecule has 3 rings (SSSR count). The van der Waals surface area contributed by atoms with Crippen molar-refractivity contribution in [2.24, 2.45) is 4.99 Å². The highest BCUT2D eigenvalue weighted by Crippen LogP contribution is 2.22. The second-order valence-electron chi connectivity index (χ2n) is 4.79. The van der Waals surface area contributed by atoms with E-state index < -0.39 is 0 Å². The Morgan fingerprint density at radius 2 is 2.30 bits per heavy atom. The summed E-state index contributed by atoms with van der Waals surface area (Å²) < 4.78 is 0. The molecule has 0 atom stereocenters. The van der Waals surface area contributed by atoms with Crippen LogP contribution in [0, 0.1) is 0 Å². The van der Waals surface area contributed by atoms with Crippen LogP contribution in [-0.2, 0) is 4.79 Å². The first-order valence-electron chi connectivity index (χ1n) is 6.71. The van der Waals surface area contributed by atoms with Gasteiger partial charge >= 0.3 is 0 Å². The molecule has 20 heavy (non-hydrogen) atoms. The molecular formula is C15H16N4O. The molecule has 2 aromatic rings. The van der Waals surface area contributed by atoms with Gasteiger partial charge in [0.15, 0.2) is 0 Å². The van der Waals surface area contributed by atoms with E-state index >= 15 is 0 Å². The fourth-order valence-corrected chi connectivity index (χ4v) is 2.39. The minimum absolute atomic E-state index is 0.0254. The number of rotatable bonds is 3. The topological polar surface area (TPSA) is 61.4 Å². The molecule has 0 spiro atoms. The molecule has 1 N–H and O–H groups in total. The summed E-state index contributed by atoms with van der Waals surface area (Å²) in [5.41, 5.74) is 2.24. The number of nitrogens with zero attached hydrogens (tertiary/aromatic N) is 3. The van der Waals surface area contributed by atoms with E-state index in [1.54, 1.807) is 11.1 Å². The van der Waals surface area contributed by atoms with Crippen molar-refractivity contribution >= 4 is 28.9 Å². The molecule has 5 nitrogen and oxygen atoms in total. The Kier molecular flexibility index (Phi) is 3.10. The molecule has 0 aromatic carbocycles. The summed E-state index contributed by atoms with van der Waals surface area (Å²) in [5, 5.41) is 0.995. The molecule has 0 radical (unpaired) electrons. The van der Waals surface area contributed by atoms with Gasteiger partial charge in [-0.2, -0.15) is 0 Å². The van der Waals surface area contributed by atoms with Gasteiger partial charge in [-0.1, -0.05) is 6.92 Å². The van der Waals surface area contributed by atoms with Crippen LogP contribution >= 0.6 is 0 Å². The van der Waals surface area contributed by atoms with Gasteiger partial charge in [-0.05, 0) is 31.6 Å². The zero-order chi connectivity index (χ0) is 14.1. The Morgan fingerprint density at radius 3 is 3.10 bits per heavy atom. The Balaban J connectivity index is 1.99. The molecule has 5 heteroatoms. The summed E-state index contributed by atoms with van der Waals surface area (Å²) in [5.74, 6) is 0.739. The molecule has 1 aliphatic rings. The van der Waals surface area contributed by atoms with Gasteiger partial charge in [0, 0.05) is 29.9 Å². The van der Waals surface area contributed by atoms with Crippen molar-refractivity contribution in [3.8, 4) is 0 Å². The molecule has 0 saturated carbocycles. The van der Waals surface area contributed by atoms with Gasteiger partial charge in [-0.25, -0.2) is 9.98 Å². The molecular weight excluding hydrogens is 252 g/mol. The van der Waals surface area contributed by atoms with Crippen molar-refractivity contribution < 1.29 is 4.79 Å². The van der Waals surface area contributed by atoms with E-state index in [2.05, 4.69) is 15.0 Å². The number of aliphatic imine (C=N–C) groups is 1. The minimum atomic E-state index is -0.0254. The maximum Gasteiger partial charge on any atom is 0.277 e. The third-order valence-corrected chi connectivity index (χ3v) is 3.36. The normalized spacial score (nSPS) is 17.3. The van der Waals surface area contributed by atoms with Crippen molar-refractivity contribution in [3.63, 3.8) is 0 Å². The van der Waals surface area contributed by atoms with Crippen molar-refractivity contribution in [2.75, 3.05) is 6.54 Å². The standard InChI is InChI=1S/C15H16N4O/c1-3-7-19-10(2)18-13(15(19)20)8-11-9-17-14-12(11)5-4-6-16-14/h4-6,8-9H,3,7H2,1-2H3,(H,16,17)/b13-8-. The van der Waals surface area contributed by atoms with Crippen molar-refractivity contribution in [2.45, 2.75) is 20.3 Å². The highest BCUT2D eigenvalue weighted by molar-refractivity contribution is 6.14. The second-order valence-corrected chi connectivity index (χ2v) is 4.79. The summed E-state index contributed by atoms with van der Waals surface area (Å²) in [7, 11) is 0. The van der Waals surface area contributed by atoms with Crippen LogP contribution in [0.3, 0.4) is 0 Å². The lowest BCUT2D eigenvalue weighted by atomic mass is 10.2. The molecule has 0 saturated heterocycles. The van der Waals surface area contributed by atoms with Crippen LogP contribution in [0.4, 0.5) is 0 Å². The van der Waals surface area contributed by atoms with E-state index in [0.717, 1.165) is 28.9 Å². The summed E-state index contributed by atoms with van der Waals surface area (Å²) >= 11 is 0. The van der Waals surface area contributed by atoms with Gasteiger partial charge < -0.3 is 4.98 Å². The van der Waals surface area contributed by atoms with E-state index in [0.29, 0.717) is 12.2 Å². The van der Waals surface area contributed by atoms with Crippen molar-refractivity contribution in [1.29, 1.82) is 0 Å². The smallest absolute Gasteiger partial charge is 0.277 e. The van der Waals surface area contributed by atoms with Gasteiger partial charge in [0.2, 0.25) is 0 Å². The Bertz CT molecular complexity index is 726. The monoisotopic (exact) mass is 268 g/mol. The number of nitrogens with one attached hydrogen (secondary N) is 1. The highest BCUT2D eigenvalue weighted by Gasteiger charge is 2.26. The molecule has 0 unspecified atom stereocenters. The fourth-order valence-electron chi connectivity index (χ4n) is 2.39. The van der Waals surface area contributed by atoms with Crippen LogP contribution in [0.15, 0.2) is 35.2 Å². The number of fused-ring (bicyclic) bond motifs is 1. The summed E-state index contributed by atoms with van der Waals surface area (Å²) in [4.78, 5) is 25.7. The molecule has 1 aliphatic heterocycles. The second kappa shape index (κ2) is 4.92. The number of amidine groups is 1. The van der Waals surface area contributed by atoms with E-state index in [9.17, 15) is 4.79 Å². The fraction of sp³-hybridized carbons (Fsp3) is 0.267. The number of carbonyl (C=O) groups excluding carboxylic acids is 1. The van der Waals surface area contributed by atoms with Crippen molar-refractivity contribution in [1.82, 2.24) is 14.9 Å². The summed E-state index contributed by atoms with van der Waals surface area (Å²) in [6.07, 6.45) is 6.33. The zero-order valence-corrected chi connectivity index (χ0v) is 11.6. The molecule has 0 fully saturated rings. The van der Waals surface area contributed by atoms with E-state index in [4.69, 9.17) is 0 Å². The molecule has 2 aromatic heterocycles. The lowest BCUT2D eigenvalue weighted by molar-refractivity contribution is -0.122. The van der Waals surface area contributed by atoms with E-state index in [1.807, 2.05) is 38.3 Å². The molecule has 3 heterocycles. The number of H-pyrrole nitrogens is 1. The number of aromatic amines is 1. The number of carbonyl (C=O) groups is 1. The summed E-state index contributed by atoms with van der Waals surface area (Å²) in [6.45, 7) is 4.62. The number of hydrogen-bond donors (Lipinski definition) is 1. The van der Waals surface area contributed by atoms with E-state index in [1.165, 1.54) is 0 Å². The quantitative estimate of drug-likeness (QED) is 0.870. The van der Waals surface area contributed by atoms with Crippen LogP contribution in [0.25, 0.3) is 17.1 Å². The Labute approximate surface area is 117 Å². The first-order valence-corrected chi connectivity index (χ1v) is 6.71. The maximum atomic E-state index is 12.3.